The molecule has 0 aliphatic carbocycles. The Bertz CT molecular complexity index is 1210. The lowest BCUT2D eigenvalue weighted by molar-refractivity contribution is 0.0723. The maximum Gasteiger partial charge on any atom is 0.274 e. The number of likely N-dealkylation sites (tertiary alicyclic amines) is 1. The predicted octanol–water partition coefficient (Wildman–Crippen LogP) is 4.08. The number of hydrogen-bond acceptors (Lipinski definition) is 4. The molecule has 156 valence electrons. The number of amides is 1. The van der Waals surface area contributed by atoms with Gasteiger partial charge in [0.1, 0.15) is 11.6 Å². The van der Waals surface area contributed by atoms with Gasteiger partial charge in [0, 0.05) is 17.8 Å². The molecule has 2 aromatic carbocycles. The van der Waals surface area contributed by atoms with Crippen molar-refractivity contribution in [3.05, 3.63) is 83.7 Å². The van der Waals surface area contributed by atoms with Crippen molar-refractivity contribution < 1.29 is 9.18 Å². The van der Waals surface area contributed by atoms with Crippen molar-refractivity contribution >= 4 is 5.91 Å². The molecule has 0 radical (unpaired) electrons. The third-order valence-corrected chi connectivity index (χ3v) is 5.54. The molecule has 1 saturated heterocycles. The second kappa shape index (κ2) is 7.79. The van der Waals surface area contributed by atoms with E-state index in [1.54, 1.807) is 27.8 Å². The number of aromatic nitrogens is 5. The number of H-pyrrole nitrogens is 1. The van der Waals surface area contributed by atoms with Crippen LogP contribution in [0.4, 0.5) is 4.39 Å². The number of nitrogens with zero attached hydrogens (tertiary/aromatic N) is 5. The van der Waals surface area contributed by atoms with Crippen LogP contribution in [0.2, 0.25) is 0 Å². The minimum Gasteiger partial charge on any atom is -0.327 e. The van der Waals surface area contributed by atoms with E-state index in [-0.39, 0.29) is 17.8 Å². The van der Waals surface area contributed by atoms with E-state index in [0.29, 0.717) is 29.6 Å². The van der Waals surface area contributed by atoms with Crippen molar-refractivity contribution in [2.45, 2.75) is 25.8 Å². The third kappa shape index (κ3) is 3.61. The molecule has 2 aromatic heterocycles. The molecule has 3 heterocycles. The first-order chi connectivity index (χ1) is 15.1. The van der Waals surface area contributed by atoms with Gasteiger partial charge in [-0.25, -0.2) is 14.1 Å². The number of halogens is 1. The fraction of sp³-hybridized carbons (Fsp3) is 0.217. The van der Waals surface area contributed by atoms with Gasteiger partial charge in [-0.2, -0.15) is 10.2 Å². The molecule has 1 unspecified atom stereocenters. The van der Waals surface area contributed by atoms with Gasteiger partial charge < -0.3 is 4.90 Å². The van der Waals surface area contributed by atoms with Gasteiger partial charge in [-0.15, -0.1) is 0 Å². The molecule has 1 atom stereocenters. The van der Waals surface area contributed by atoms with Crippen LogP contribution in [0.5, 0.6) is 0 Å². The Hall–Kier alpha value is -3.81. The van der Waals surface area contributed by atoms with Crippen molar-refractivity contribution in [1.29, 1.82) is 0 Å². The fourth-order valence-corrected chi connectivity index (χ4v) is 4.00. The summed E-state index contributed by atoms with van der Waals surface area (Å²) in [7, 11) is 0. The number of aryl methyl sites for hydroxylation is 1. The lowest BCUT2D eigenvalue weighted by Gasteiger charge is -2.21. The molecule has 1 aliphatic heterocycles. The Kier molecular flexibility index (Phi) is 4.82. The minimum absolute atomic E-state index is 0.149. The molecule has 0 saturated carbocycles. The molecular weight excluding hydrogens is 395 g/mol. The largest absolute Gasteiger partial charge is 0.327 e. The Morgan fingerprint density at radius 3 is 2.68 bits per heavy atom. The molecule has 7 nitrogen and oxygen atoms in total. The Balaban J connectivity index is 1.40. The molecule has 1 aliphatic rings. The summed E-state index contributed by atoms with van der Waals surface area (Å²) in [6, 6.07) is 17.4. The van der Waals surface area contributed by atoms with Gasteiger partial charge in [-0.3, -0.25) is 9.89 Å². The molecule has 1 N–H and O–H groups in total. The van der Waals surface area contributed by atoms with Gasteiger partial charge in [0.2, 0.25) is 0 Å². The zero-order chi connectivity index (χ0) is 21.4. The summed E-state index contributed by atoms with van der Waals surface area (Å²) in [6.45, 7) is 2.50. The van der Waals surface area contributed by atoms with Gasteiger partial charge in [0.25, 0.3) is 5.91 Å². The van der Waals surface area contributed by atoms with Crippen molar-refractivity contribution in [1.82, 2.24) is 29.9 Å². The summed E-state index contributed by atoms with van der Waals surface area (Å²) in [4.78, 5) is 19.7. The second-order valence-electron chi connectivity index (χ2n) is 7.63. The van der Waals surface area contributed by atoms with Crippen molar-refractivity contribution in [3.63, 3.8) is 0 Å². The average molecular weight is 416 g/mol. The Morgan fingerprint density at radius 2 is 1.90 bits per heavy atom. The Morgan fingerprint density at radius 1 is 1.13 bits per heavy atom. The first-order valence-electron chi connectivity index (χ1n) is 10.2. The van der Waals surface area contributed by atoms with E-state index < -0.39 is 0 Å². The van der Waals surface area contributed by atoms with E-state index in [1.165, 1.54) is 12.1 Å². The van der Waals surface area contributed by atoms with Crippen LogP contribution >= 0.6 is 0 Å². The highest BCUT2D eigenvalue weighted by atomic mass is 19.1. The van der Waals surface area contributed by atoms with E-state index in [9.17, 15) is 9.18 Å². The van der Waals surface area contributed by atoms with Crippen LogP contribution in [0, 0.1) is 12.7 Å². The van der Waals surface area contributed by atoms with Crippen LogP contribution in [0.1, 0.15) is 40.9 Å². The number of rotatable bonds is 4. The molecular formula is C23H21FN6O. The van der Waals surface area contributed by atoms with Crippen LogP contribution in [-0.4, -0.2) is 42.3 Å². The number of aromatic amines is 1. The zero-order valence-electron chi connectivity index (χ0n) is 17.0. The van der Waals surface area contributed by atoms with Crippen molar-refractivity contribution in [3.8, 4) is 17.1 Å². The maximum atomic E-state index is 13.3. The van der Waals surface area contributed by atoms with E-state index >= 15 is 0 Å². The number of nitrogens with one attached hydrogen (secondary N) is 1. The molecule has 0 bridgehead atoms. The highest BCUT2D eigenvalue weighted by Gasteiger charge is 2.34. The summed E-state index contributed by atoms with van der Waals surface area (Å²) >= 11 is 0. The lowest BCUT2D eigenvalue weighted by atomic mass is 10.2. The summed E-state index contributed by atoms with van der Waals surface area (Å²) in [5.41, 5.74) is 2.79. The molecule has 4 aromatic rings. The second-order valence-corrected chi connectivity index (χ2v) is 7.63. The number of hydrogen-bond donors (Lipinski definition) is 1. The average Bonchev–Trinajstić information content (AvgIpc) is 3.54. The van der Waals surface area contributed by atoms with Crippen molar-refractivity contribution in [2.24, 2.45) is 0 Å². The predicted molar refractivity (Wildman–Crippen MR) is 113 cm³/mol. The van der Waals surface area contributed by atoms with Crippen LogP contribution in [0.25, 0.3) is 17.1 Å². The number of carbonyl (C=O) groups excluding carboxylic acids is 1. The lowest BCUT2D eigenvalue weighted by Crippen LogP contribution is -2.31. The van der Waals surface area contributed by atoms with Gasteiger partial charge in [-0.05, 0) is 50.1 Å². The van der Waals surface area contributed by atoms with Gasteiger partial charge >= 0.3 is 0 Å². The van der Waals surface area contributed by atoms with Crippen LogP contribution < -0.4 is 0 Å². The standard InChI is InChI=1S/C23H21FN6O/c1-15-14-19(28-30(15)18-11-9-17(24)10-12-18)23(31)29-13-5-8-20(29)22-25-21(26-27-22)16-6-3-2-4-7-16/h2-4,6-7,9-12,14,20H,5,8,13H2,1H3,(H,25,26,27). The summed E-state index contributed by atoms with van der Waals surface area (Å²) in [5, 5.41) is 11.8. The van der Waals surface area contributed by atoms with E-state index in [1.807, 2.05) is 37.3 Å². The normalized spacial score (nSPS) is 16.1. The van der Waals surface area contributed by atoms with Gasteiger partial charge in [0.15, 0.2) is 11.5 Å². The highest BCUT2D eigenvalue weighted by molar-refractivity contribution is 5.93. The van der Waals surface area contributed by atoms with Crippen LogP contribution in [0.15, 0.2) is 60.7 Å². The highest BCUT2D eigenvalue weighted by Crippen LogP contribution is 2.32. The van der Waals surface area contributed by atoms with Crippen molar-refractivity contribution in [2.75, 3.05) is 6.54 Å². The summed E-state index contributed by atoms with van der Waals surface area (Å²) in [5.74, 6) is 0.835. The first-order valence-corrected chi connectivity index (χ1v) is 10.2. The summed E-state index contributed by atoms with van der Waals surface area (Å²) in [6.07, 6.45) is 1.70. The number of carbonyl (C=O) groups is 1. The monoisotopic (exact) mass is 416 g/mol. The van der Waals surface area contributed by atoms with Gasteiger partial charge in [0.05, 0.1) is 11.7 Å². The first kappa shape index (κ1) is 19.2. The molecule has 8 heteroatoms. The number of benzene rings is 2. The summed E-state index contributed by atoms with van der Waals surface area (Å²) < 4.78 is 14.9. The molecule has 5 rings (SSSR count). The van der Waals surface area contributed by atoms with E-state index in [0.717, 1.165) is 24.1 Å². The third-order valence-electron chi connectivity index (χ3n) is 5.54. The maximum absolute atomic E-state index is 13.3. The van der Waals surface area contributed by atoms with E-state index in [4.69, 9.17) is 0 Å². The van der Waals surface area contributed by atoms with Crippen LogP contribution in [0.3, 0.4) is 0 Å². The smallest absolute Gasteiger partial charge is 0.274 e. The molecule has 1 amide bonds. The zero-order valence-corrected chi connectivity index (χ0v) is 17.0. The fourth-order valence-electron chi connectivity index (χ4n) is 4.00. The molecule has 0 spiro atoms. The topological polar surface area (TPSA) is 79.7 Å². The van der Waals surface area contributed by atoms with E-state index in [2.05, 4.69) is 20.3 Å². The van der Waals surface area contributed by atoms with Crippen LogP contribution in [-0.2, 0) is 0 Å². The quantitative estimate of drug-likeness (QED) is 0.544. The minimum atomic E-state index is -0.313. The SMILES string of the molecule is Cc1cc(C(=O)N2CCCC2c2nc(-c3ccccc3)n[nH]2)nn1-c1ccc(F)cc1. The Labute approximate surface area is 178 Å². The molecule has 1 fully saturated rings. The molecule has 31 heavy (non-hydrogen) atoms. The van der Waals surface area contributed by atoms with Gasteiger partial charge in [-0.1, -0.05) is 30.3 Å².